The molecule has 0 aliphatic carbocycles. The molecule has 1 nitrogen and oxygen atoms in total. The molecule has 0 aliphatic rings. The number of rotatable bonds is 2. The highest BCUT2D eigenvalue weighted by Crippen LogP contribution is 2.18. The van der Waals surface area contributed by atoms with Crippen LogP contribution in [-0.2, 0) is 0 Å². The fraction of sp³-hybridized carbons (Fsp3) is 0.200. The van der Waals surface area contributed by atoms with Gasteiger partial charge < -0.3 is 4.74 Å². The van der Waals surface area contributed by atoms with Gasteiger partial charge in [-0.15, -0.1) is 0 Å². The molecule has 1 aromatic carbocycles. The van der Waals surface area contributed by atoms with Crippen molar-refractivity contribution in [2.45, 2.75) is 6.61 Å². The van der Waals surface area contributed by atoms with Crippen LogP contribution in [-0.4, -0.2) is 12.4 Å². The highest BCUT2D eigenvalue weighted by Gasteiger charge is 2.06. The van der Waals surface area contributed by atoms with Gasteiger partial charge in [0.05, 0.1) is 11.3 Å². The lowest BCUT2D eigenvalue weighted by Crippen LogP contribution is -2.03. The van der Waals surface area contributed by atoms with E-state index in [-0.39, 0.29) is 5.75 Å². The molecule has 0 bridgehead atoms. The molecule has 0 saturated heterocycles. The highest BCUT2D eigenvalue weighted by atomic mass is 32.1. The second-order valence-corrected chi connectivity index (χ2v) is 2.65. The Labute approximate surface area is 86.5 Å². The minimum atomic E-state index is -2.83. The Bertz CT molecular complexity index is 355. The highest BCUT2D eigenvalue weighted by molar-refractivity contribution is 7.80. The van der Waals surface area contributed by atoms with Crippen molar-refractivity contribution in [1.82, 2.24) is 0 Å². The van der Waals surface area contributed by atoms with Crippen molar-refractivity contribution < 1.29 is 13.5 Å². The molecule has 4 heteroatoms. The summed E-state index contributed by atoms with van der Waals surface area (Å²) < 4.78 is 28.2. The van der Waals surface area contributed by atoms with Gasteiger partial charge in [-0.25, -0.2) is 0 Å². The zero-order chi connectivity index (χ0) is 10.4. The molecule has 1 aromatic rings. The molecule has 14 heavy (non-hydrogen) atoms. The topological polar surface area (TPSA) is 9.23 Å². The minimum Gasteiger partial charge on any atom is -0.434 e. The Kier molecular flexibility index (Phi) is 4.27. The fourth-order valence-corrected chi connectivity index (χ4v) is 0.982. The normalized spacial score (nSPS) is 9.43. The standard InChI is InChI=1S/C10H8F2OS/c11-10(12)13-9-6-2-1-4-8(9)5-3-7-14/h1-2,4,6,10,14H,7H2. The first-order valence-electron chi connectivity index (χ1n) is 3.87. The number of ether oxygens (including phenoxy) is 1. The molecular weight excluding hydrogens is 206 g/mol. The second kappa shape index (κ2) is 5.51. The molecule has 0 amide bonds. The molecule has 0 N–H and O–H groups in total. The van der Waals surface area contributed by atoms with E-state index in [2.05, 4.69) is 29.2 Å². The van der Waals surface area contributed by atoms with Crippen LogP contribution in [0.4, 0.5) is 8.78 Å². The third-order valence-electron chi connectivity index (χ3n) is 1.41. The first-order valence-corrected chi connectivity index (χ1v) is 4.51. The Morgan fingerprint density at radius 3 is 2.71 bits per heavy atom. The van der Waals surface area contributed by atoms with Crippen molar-refractivity contribution in [3.8, 4) is 17.6 Å². The van der Waals surface area contributed by atoms with Crippen LogP contribution in [0.5, 0.6) is 5.75 Å². The van der Waals surface area contributed by atoms with E-state index in [1.807, 2.05) is 0 Å². The van der Waals surface area contributed by atoms with Gasteiger partial charge in [-0.2, -0.15) is 21.4 Å². The Morgan fingerprint density at radius 2 is 2.07 bits per heavy atom. The van der Waals surface area contributed by atoms with Crippen LogP contribution < -0.4 is 4.74 Å². The molecule has 0 unspecified atom stereocenters. The van der Waals surface area contributed by atoms with Crippen LogP contribution >= 0.6 is 12.6 Å². The summed E-state index contributed by atoms with van der Waals surface area (Å²) in [5.41, 5.74) is 0.446. The molecule has 0 aliphatic heterocycles. The summed E-state index contributed by atoms with van der Waals surface area (Å²) in [6.45, 7) is -2.83. The van der Waals surface area contributed by atoms with Gasteiger partial charge in [0.2, 0.25) is 0 Å². The van der Waals surface area contributed by atoms with Crippen LogP contribution in [0.2, 0.25) is 0 Å². The SMILES string of the molecule is FC(F)Oc1ccccc1C#CCS. The van der Waals surface area contributed by atoms with E-state index >= 15 is 0 Å². The molecule has 0 atom stereocenters. The van der Waals surface area contributed by atoms with Gasteiger partial charge in [-0.05, 0) is 12.1 Å². The summed E-state index contributed by atoms with van der Waals surface area (Å²) in [5.74, 6) is 5.82. The van der Waals surface area contributed by atoms with Gasteiger partial charge in [-0.1, -0.05) is 24.0 Å². The molecule has 0 heterocycles. The first-order chi connectivity index (χ1) is 6.74. The van der Waals surface area contributed by atoms with E-state index in [9.17, 15) is 8.78 Å². The maximum atomic E-state index is 11.9. The van der Waals surface area contributed by atoms with Crippen molar-refractivity contribution >= 4 is 12.6 Å². The maximum absolute atomic E-state index is 11.9. The first kappa shape index (κ1) is 10.9. The molecule has 0 spiro atoms. The lowest BCUT2D eigenvalue weighted by atomic mass is 10.2. The van der Waals surface area contributed by atoms with E-state index in [0.717, 1.165) is 0 Å². The predicted molar refractivity (Wildman–Crippen MR) is 53.8 cm³/mol. The number of hydrogen-bond donors (Lipinski definition) is 1. The van der Waals surface area contributed by atoms with Gasteiger partial charge in [0.25, 0.3) is 0 Å². The van der Waals surface area contributed by atoms with Crippen molar-refractivity contribution in [1.29, 1.82) is 0 Å². The van der Waals surface area contributed by atoms with E-state index in [1.165, 1.54) is 6.07 Å². The molecule has 0 aromatic heterocycles. The van der Waals surface area contributed by atoms with Crippen LogP contribution in [0, 0.1) is 11.8 Å². The van der Waals surface area contributed by atoms with Gasteiger partial charge >= 0.3 is 6.61 Å². The smallest absolute Gasteiger partial charge is 0.387 e. The van der Waals surface area contributed by atoms with Gasteiger partial charge in [-0.3, -0.25) is 0 Å². The summed E-state index contributed by atoms with van der Waals surface area (Å²) in [4.78, 5) is 0. The summed E-state index contributed by atoms with van der Waals surface area (Å²) in [6.07, 6.45) is 0. The molecule has 0 fully saturated rings. The lowest BCUT2D eigenvalue weighted by molar-refractivity contribution is -0.0500. The predicted octanol–water partition coefficient (Wildman–Crippen LogP) is 2.57. The molecule has 74 valence electrons. The van der Waals surface area contributed by atoms with E-state index < -0.39 is 6.61 Å². The van der Waals surface area contributed by atoms with E-state index in [4.69, 9.17) is 0 Å². The van der Waals surface area contributed by atoms with Crippen LogP contribution in [0.15, 0.2) is 24.3 Å². The third-order valence-corrected chi connectivity index (χ3v) is 1.56. The molecular formula is C10H8F2OS. The maximum Gasteiger partial charge on any atom is 0.387 e. The molecule has 0 radical (unpaired) electrons. The lowest BCUT2D eigenvalue weighted by Gasteiger charge is -2.05. The zero-order valence-electron chi connectivity index (χ0n) is 7.21. The Balaban J connectivity index is 2.91. The molecule has 0 saturated carbocycles. The Hall–Kier alpha value is -1.21. The van der Waals surface area contributed by atoms with Gasteiger partial charge in [0.1, 0.15) is 5.75 Å². The van der Waals surface area contributed by atoms with Crippen molar-refractivity contribution in [3.63, 3.8) is 0 Å². The number of thiol groups is 1. The van der Waals surface area contributed by atoms with E-state index in [0.29, 0.717) is 11.3 Å². The Morgan fingerprint density at radius 1 is 1.36 bits per heavy atom. The second-order valence-electron chi connectivity index (χ2n) is 2.33. The molecule has 1 rings (SSSR count). The summed E-state index contributed by atoms with van der Waals surface area (Å²) in [7, 11) is 0. The van der Waals surface area contributed by atoms with Gasteiger partial charge in [0, 0.05) is 0 Å². The third kappa shape index (κ3) is 3.27. The minimum absolute atomic E-state index is 0.0942. The number of halogens is 2. The number of para-hydroxylation sites is 1. The van der Waals surface area contributed by atoms with Crippen molar-refractivity contribution in [2.24, 2.45) is 0 Å². The van der Waals surface area contributed by atoms with Crippen LogP contribution in [0.3, 0.4) is 0 Å². The number of benzene rings is 1. The summed E-state index contributed by atoms with van der Waals surface area (Å²) in [6, 6.07) is 6.40. The average Bonchev–Trinajstić information content (AvgIpc) is 2.16. The fourth-order valence-electron chi connectivity index (χ4n) is 0.903. The quantitative estimate of drug-likeness (QED) is 0.588. The van der Waals surface area contributed by atoms with E-state index in [1.54, 1.807) is 18.2 Å². The van der Waals surface area contributed by atoms with Gasteiger partial charge in [0.15, 0.2) is 0 Å². The van der Waals surface area contributed by atoms with Crippen LogP contribution in [0.1, 0.15) is 5.56 Å². The number of alkyl halides is 2. The monoisotopic (exact) mass is 214 g/mol. The summed E-state index contributed by atoms with van der Waals surface area (Å²) in [5, 5.41) is 0. The van der Waals surface area contributed by atoms with Crippen molar-refractivity contribution in [2.75, 3.05) is 5.75 Å². The van der Waals surface area contributed by atoms with Crippen LogP contribution in [0.25, 0.3) is 0 Å². The largest absolute Gasteiger partial charge is 0.434 e. The van der Waals surface area contributed by atoms with Crippen molar-refractivity contribution in [3.05, 3.63) is 29.8 Å². The summed E-state index contributed by atoms with van der Waals surface area (Å²) >= 11 is 3.89. The zero-order valence-corrected chi connectivity index (χ0v) is 8.10. The number of hydrogen-bond acceptors (Lipinski definition) is 2. The average molecular weight is 214 g/mol.